The first-order chi connectivity index (χ1) is 9.52. The van der Waals surface area contributed by atoms with E-state index in [2.05, 4.69) is 0 Å². The van der Waals surface area contributed by atoms with Crippen molar-refractivity contribution < 1.29 is 18.3 Å². The highest BCUT2D eigenvalue weighted by molar-refractivity contribution is 5.90. The summed E-state index contributed by atoms with van der Waals surface area (Å²) in [5.41, 5.74) is 4.54. The van der Waals surface area contributed by atoms with Crippen LogP contribution in [0.3, 0.4) is 0 Å². The topological polar surface area (TPSA) is 52.3 Å². The second kappa shape index (κ2) is 6.20. The van der Waals surface area contributed by atoms with Crippen LogP contribution in [0.4, 0.5) is 14.5 Å². The average molecular weight is 283 g/mol. The van der Waals surface area contributed by atoms with E-state index in [4.69, 9.17) is 10.5 Å². The zero-order valence-corrected chi connectivity index (χ0v) is 11.5. The maximum Gasteiger partial charge on any atom is 0.341 e. The summed E-state index contributed by atoms with van der Waals surface area (Å²) < 4.78 is 32.4. The first-order valence-corrected chi connectivity index (χ1v) is 6.98. The molecule has 0 spiro atoms. The quantitative estimate of drug-likeness (QED) is 0.680. The summed E-state index contributed by atoms with van der Waals surface area (Å²) in [6, 6.07) is 1.61. The molecule has 1 aliphatic carbocycles. The highest BCUT2D eigenvalue weighted by atomic mass is 19.1. The minimum atomic E-state index is -0.849. The molecule has 0 amide bonds. The van der Waals surface area contributed by atoms with Crippen molar-refractivity contribution >= 4 is 11.7 Å². The Bertz CT molecular complexity index is 505. The van der Waals surface area contributed by atoms with Crippen molar-refractivity contribution in [3.8, 4) is 0 Å². The number of esters is 1. The van der Waals surface area contributed by atoms with Gasteiger partial charge >= 0.3 is 5.97 Å². The molecule has 1 aromatic carbocycles. The van der Waals surface area contributed by atoms with Crippen LogP contribution in [0.1, 0.15) is 49.4 Å². The Kier molecular flexibility index (Phi) is 4.57. The molecular weight excluding hydrogens is 264 g/mol. The molecule has 0 bridgehead atoms. The van der Waals surface area contributed by atoms with Gasteiger partial charge in [-0.2, -0.15) is 0 Å². The van der Waals surface area contributed by atoms with Crippen molar-refractivity contribution in [1.82, 2.24) is 0 Å². The van der Waals surface area contributed by atoms with E-state index >= 15 is 0 Å². The number of anilines is 1. The lowest BCUT2D eigenvalue weighted by Gasteiger charge is -2.30. The minimum Gasteiger partial charge on any atom is -0.458 e. The van der Waals surface area contributed by atoms with E-state index < -0.39 is 23.2 Å². The number of ether oxygens (including phenoxy) is 1. The normalized spacial score (nSPS) is 22.6. The summed E-state index contributed by atoms with van der Waals surface area (Å²) in [5, 5.41) is 0. The Balaban J connectivity index is 2.13. The number of nitrogens with two attached hydrogens (primary N) is 1. The molecule has 1 saturated carbocycles. The van der Waals surface area contributed by atoms with Crippen LogP contribution in [0.5, 0.6) is 0 Å². The van der Waals surface area contributed by atoms with E-state index in [1.807, 2.05) is 6.92 Å². The van der Waals surface area contributed by atoms with Gasteiger partial charge < -0.3 is 10.5 Å². The highest BCUT2D eigenvalue weighted by Crippen LogP contribution is 2.30. The molecule has 20 heavy (non-hydrogen) atoms. The lowest BCUT2D eigenvalue weighted by molar-refractivity contribution is 0.000236. The van der Waals surface area contributed by atoms with Gasteiger partial charge in [0.05, 0.1) is 11.3 Å². The SMILES string of the molecule is CCC1CCCCC1OC(=O)c1cc(F)c(N)cc1F. The van der Waals surface area contributed by atoms with Crippen LogP contribution in [0.2, 0.25) is 0 Å². The third kappa shape index (κ3) is 3.08. The number of rotatable bonds is 3. The molecule has 0 aromatic heterocycles. The smallest absolute Gasteiger partial charge is 0.341 e. The van der Waals surface area contributed by atoms with Gasteiger partial charge in [0.15, 0.2) is 0 Å². The fraction of sp³-hybridized carbons (Fsp3) is 0.533. The molecule has 1 fully saturated rings. The van der Waals surface area contributed by atoms with Crippen molar-refractivity contribution in [2.24, 2.45) is 5.92 Å². The fourth-order valence-electron chi connectivity index (χ4n) is 2.72. The van der Waals surface area contributed by atoms with Gasteiger partial charge in [-0.05, 0) is 37.7 Å². The van der Waals surface area contributed by atoms with E-state index in [1.165, 1.54) is 0 Å². The van der Waals surface area contributed by atoms with Crippen molar-refractivity contribution in [2.75, 3.05) is 5.73 Å². The summed E-state index contributed by atoms with van der Waals surface area (Å²) in [4.78, 5) is 12.0. The monoisotopic (exact) mass is 283 g/mol. The van der Waals surface area contributed by atoms with Crippen molar-refractivity contribution in [3.05, 3.63) is 29.3 Å². The number of hydrogen-bond donors (Lipinski definition) is 1. The van der Waals surface area contributed by atoms with Crippen LogP contribution in [-0.2, 0) is 4.74 Å². The third-order valence-electron chi connectivity index (χ3n) is 3.93. The Morgan fingerprint density at radius 1 is 1.30 bits per heavy atom. The van der Waals surface area contributed by atoms with E-state index in [-0.39, 0.29) is 11.8 Å². The molecule has 2 rings (SSSR count). The largest absolute Gasteiger partial charge is 0.458 e. The van der Waals surface area contributed by atoms with Gasteiger partial charge in [-0.15, -0.1) is 0 Å². The van der Waals surface area contributed by atoms with E-state index in [1.54, 1.807) is 0 Å². The van der Waals surface area contributed by atoms with Gasteiger partial charge in [0, 0.05) is 6.07 Å². The summed E-state index contributed by atoms with van der Waals surface area (Å²) >= 11 is 0. The number of nitrogen functional groups attached to an aromatic ring is 1. The minimum absolute atomic E-state index is 0.207. The Morgan fingerprint density at radius 2 is 2.00 bits per heavy atom. The molecule has 1 aliphatic rings. The number of halogens is 2. The van der Waals surface area contributed by atoms with Crippen LogP contribution < -0.4 is 5.73 Å². The van der Waals surface area contributed by atoms with Crippen LogP contribution in [0, 0.1) is 17.6 Å². The van der Waals surface area contributed by atoms with Crippen LogP contribution >= 0.6 is 0 Å². The van der Waals surface area contributed by atoms with E-state index in [0.29, 0.717) is 5.92 Å². The summed E-state index contributed by atoms with van der Waals surface area (Å²) in [6.45, 7) is 2.04. The first kappa shape index (κ1) is 14.8. The summed E-state index contributed by atoms with van der Waals surface area (Å²) in [6.07, 6.45) is 4.61. The second-order valence-electron chi connectivity index (χ2n) is 5.25. The Labute approximate surface area is 117 Å². The number of carbonyl (C=O) groups excluding carboxylic acids is 1. The second-order valence-corrected chi connectivity index (χ2v) is 5.25. The molecule has 2 unspecified atom stereocenters. The van der Waals surface area contributed by atoms with Crippen molar-refractivity contribution in [3.63, 3.8) is 0 Å². The van der Waals surface area contributed by atoms with Gasteiger partial charge in [0.2, 0.25) is 0 Å². The highest BCUT2D eigenvalue weighted by Gasteiger charge is 2.28. The molecule has 3 nitrogen and oxygen atoms in total. The predicted octanol–water partition coefficient (Wildman–Crippen LogP) is 3.67. The number of carbonyl (C=O) groups is 1. The maximum atomic E-state index is 13.7. The van der Waals surface area contributed by atoms with Crippen molar-refractivity contribution in [2.45, 2.75) is 45.1 Å². The van der Waals surface area contributed by atoms with Gasteiger partial charge in [-0.25, -0.2) is 13.6 Å². The Hall–Kier alpha value is -1.65. The van der Waals surface area contributed by atoms with Crippen LogP contribution in [0.15, 0.2) is 12.1 Å². The zero-order chi connectivity index (χ0) is 14.7. The molecule has 2 atom stereocenters. The van der Waals surface area contributed by atoms with Crippen LogP contribution in [0.25, 0.3) is 0 Å². The molecule has 110 valence electrons. The van der Waals surface area contributed by atoms with E-state index in [0.717, 1.165) is 44.2 Å². The molecule has 0 radical (unpaired) electrons. The number of hydrogen-bond acceptors (Lipinski definition) is 3. The summed E-state index contributed by atoms with van der Waals surface area (Å²) in [7, 11) is 0. The molecule has 2 N–H and O–H groups in total. The standard InChI is InChI=1S/C15H19F2NO2/c1-2-9-5-3-4-6-14(9)20-15(19)10-7-12(17)13(18)8-11(10)16/h7-9,14H,2-6,18H2,1H3. The van der Waals surface area contributed by atoms with Crippen molar-refractivity contribution in [1.29, 1.82) is 0 Å². The molecule has 1 aromatic rings. The molecule has 0 aliphatic heterocycles. The average Bonchev–Trinajstić information content (AvgIpc) is 2.43. The number of benzene rings is 1. The Morgan fingerprint density at radius 3 is 2.70 bits per heavy atom. The van der Waals surface area contributed by atoms with Gasteiger partial charge in [0.25, 0.3) is 0 Å². The summed E-state index contributed by atoms with van der Waals surface area (Å²) in [5.74, 6) is -2.17. The van der Waals surface area contributed by atoms with Gasteiger partial charge in [-0.3, -0.25) is 0 Å². The third-order valence-corrected chi connectivity index (χ3v) is 3.93. The predicted molar refractivity (Wildman–Crippen MR) is 72.2 cm³/mol. The van der Waals surface area contributed by atoms with Crippen LogP contribution in [-0.4, -0.2) is 12.1 Å². The molecular formula is C15H19F2NO2. The fourth-order valence-corrected chi connectivity index (χ4v) is 2.72. The lowest BCUT2D eigenvalue weighted by atomic mass is 9.85. The molecule has 5 heteroatoms. The van der Waals surface area contributed by atoms with E-state index in [9.17, 15) is 13.6 Å². The first-order valence-electron chi connectivity index (χ1n) is 6.98. The lowest BCUT2D eigenvalue weighted by Crippen LogP contribution is -2.30. The maximum absolute atomic E-state index is 13.7. The van der Waals surface area contributed by atoms with Gasteiger partial charge in [0.1, 0.15) is 17.7 Å². The molecule has 0 heterocycles. The molecule has 0 saturated heterocycles. The zero-order valence-electron chi connectivity index (χ0n) is 11.5. The van der Waals surface area contributed by atoms with Gasteiger partial charge in [-0.1, -0.05) is 13.3 Å².